The molecule has 4 nitrogen and oxygen atoms in total. The molecule has 2 aromatic rings. The van der Waals surface area contributed by atoms with Crippen LogP contribution in [0.15, 0.2) is 61.2 Å². The number of carboxylic acids is 1. The highest BCUT2D eigenvalue weighted by atomic mass is 79.9. The molecule has 2 heterocycles. The number of halogens is 1. The molecule has 5 heteroatoms. The maximum atomic E-state index is 8.89. The molecule has 0 amide bonds. The maximum Gasteiger partial charge on any atom is 0.166 e. The SMILES string of the molecule is CC(=O)[O-].[Br-].c1cc[nH+]cc1.c1cc[nH+]cc1. The van der Waals surface area contributed by atoms with E-state index in [9.17, 15) is 0 Å². The smallest absolute Gasteiger partial charge is 0.166 e. The molecular weight excluding hydrogens is 284 g/mol. The van der Waals surface area contributed by atoms with Crippen LogP contribution in [0.5, 0.6) is 0 Å². The molecule has 0 aromatic carbocycles. The zero-order valence-electron chi connectivity index (χ0n) is 9.47. The summed E-state index contributed by atoms with van der Waals surface area (Å²) in [6.07, 6.45) is 7.50. The van der Waals surface area contributed by atoms with Crippen LogP contribution in [-0.4, -0.2) is 5.97 Å². The van der Waals surface area contributed by atoms with Gasteiger partial charge < -0.3 is 26.9 Å². The van der Waals surface area contributed by atoms with Gasteiger partial charge in [-0.15, -0.1) is 0 Å². The first-order valence-electron chi connectivity index (χ1n) is 4.73. The Labute approximate surface area is 111 Å². The van der Waals surface area contributed by atoms with Gasteiger partial charge >= 0.3 is 0 Å². The molecule has 0 atom stereocenters. The first-order valence-corrected chi connectivity index (χ1v) is 4.73. The highest BCUT2D eigenvalue weighted by Gasteiger charge is 1.66. The number of H-pyrrole nitrogens is 2. The summed E-state index contributed by atoms with van der Waals surface area (Å²) >= 11 is 0. The minimum Gasteiger partial charge on any atom is -1.00 e. The fourth-order valence-electron chi connectivity index (χ4n) is 0.684. The molecular formula is C12H15BrN2O2. The number of nitrogens with one attached hydrogen (secondary N) is 2. The van der Waals surface area contributed by atoms with Crippen molar-refractivity contribution < 1.29 is 36.9 Å². The summed E-state index contributed by atoms with van der Waals surface area (Å²) in [5.74, 6) is -1.08. The van der Waals surface area contributed by atoms with Crippen molar-refractivity contribution in [1.82, 2.24) is 0 Å². The van der Waals surface area contributed by atoms with Crippen molar-refractivity contribution >= 4 is 5.97 Å². The van der Waals surface area contributed by atoms with E-state index in [1.54, 1.807) is 0 Å². The van der Waals surface area contributed by atoms with Gasteiger partial charge in [-0.05, 0) is 6.92 Å². The van der Waals surface area contributed by atoms with Crippen LogP contribution in [0.25, 0.3) is 0 Å². The van der Waals surface area contributed by atoms with E-state index in [2.05, 4.69) is 9.97 Å². The Bertz CT molecular complexity index is 268. The lowest BCUT2D eigenvalue weighted by Gasteiger charge is -1.77. The van der Waals surface area contributed by atoms with Crippen LogP contribution < -0.4 is 32.1 Å². The summed E-state index contributed by atoms with van der Waals surface area (Å²) in [4.78, 5) is 14.7. The third kappa shape index (κ3) is 20.4. The molecule has 17 heavy (non-hydrogen) atoms. The topological polar surface area (TPSA) is 68.4 Å². The number of aromatic amines is 2. The van der Waals surface area contributed by atoms with E-state index < -0.39 is 5.97 Å². The largest absolute Gasteiger partial charge is 1.00 e. The molecule has 92 valence electrons. The van der Waals surface area contributed by atoms with E-state index in [1.807, 2.05) is 61.2 Å². The Kier molecular flexibility index (Phi) is 14.8. The first kappa shape index (κ1) is 17.6. The van der Waals surface area contributed by atoms with Crippen LogP contribution in [0.1, 0.15) is 6.92 Å². The van der Waals surface area contributed by atoms with Gasteiger partial charge in [0.25, 0.3) is 0 Å². The first-order chi connectivity index (χ1) is 7.73. The number of hydrogen-bond donors (Lipinski definition) is 0. The Morgan fingerprint density at radius 1 is 0.824 bits per heavy atom. The Hall–Kier alpha value is -1.75. The van der Waals surface area contributed by atoms with Gasteiger partial charge in [0, 0.05) is 30.2 Å². The highest BCUT2D eigenvalue weighted by molar-refractivity contribution is 5.60. The number of rotatable bonds is 0. The molecule has 0 unspecified atom stereocenters. The van der Waals surface area contributed by atoms with Gasteiger partial charge in [0.15, 0.2) is 24.8 Å². The predicted molar refractivity (Wildman–Crippen MR) is 56.7 cm³/mol. The van der Waals surface area contributed by atoms with E-state index in [1.165, 1.54) is 0 Å². The molecule has 0 bridgehead atoms. The van der Waals surface area contributed by atoms with Gasteiger partial charge in [-0.2, -0.15) is 0 Å². The van der Waals surface area contributed by atoms with Crippen molar-refractivity contribution in [3.63, 3.8) is 0 Å². The minimum absolute atomic E-state index is 0. The molecule has 2 N–H and O–H groups in total. The van der Waals surface area contributed by atoms with Gasteiger partial charge in [-0.3, -0.25) is 0 Å². The fourth-order valence-corrected chi connectivity index (χ4v) is 0.684. The van der Waals surface area contributed by atoms with Crippen LogP contribution in [-0.2, 0) is 4.79 Å². The lowest BCUT2D eigenvalue weighted by atomic mass is 10.5. The van der Waals surface area contributed by atoms with Crippen molar-refractivity contribution in [2.75, 3.05) is 0 Å². The van der Waals surface area contributed by atoms with Crippen LogP contribution in [0.2, 0.25) is 0 Å². The van der Waals surface area contributed by atoms with E-state index >= 15 is 0 Å². The molecule has 0 spiro atoms. The van der Waals surface area contributed by atoms with Crippen molar-refractivity contribution in [2.45, 2.75) is 6.92 Å². The number of aromatic nitrogens is 2. The average Bonchev–Trinajstić information content (AvgIpc) is 2.34. The molecule has 0 aliphatic rings. The van der Waals surface area contributed by atoms with Crippen molar-refractivity contribution in [3.05, 3.63) is 61.2 Å². The number of carbonyl (C=O) groups excluding carboxylic acids is 1. The van der Waals surface area contributed by atoms with Crippen LogP contribution in [0.4, 0.5) is 0 Å². The summed E-state index contributed by atoms with van der Waals surface area (Å²) in [5, 5.41) is 8.89. The molecule has 0 aliphatic heterocycles. The van der Waals surface area contributed by atoms with Crippen molar-refractivity contribution in [3.8, 4) is 0 Å². The Balaban J connectivity index is 0. The van der Waals surface area contributed by atoms with E-state index in [4.69, 9.17) is 9.90 Å². The van der Waals surface area contributed by atoms with Gasteiger partial charge in [0.05, 0.1) is 0 Å². The standard InChI is InChI=1S/2C5H5N.C2H4O2.BrH/c2*1-2-4-6-5-3-1;1-2(3)4;/h2*1-5H;1H3,(H,3,4);1H. The summed E-state index contributed by atoms with van der Waals surface area (Å²) < 4.78 is 0. The molecule has 0 fully saturated rings. The van der Waals surface area contributed by atoms with E-state index in [0.717, 1.165) is 6.92 Å². The quantitative estimate of drug-likeness (QED) is 0.513. The fraction of sp³-hybridized carbons (Fsp3) is 0.0833. The molecule has 2 rings (SSSR count). The number of pyridine rings is 2. The second-order valence-corrected chi connectivity index (χ2v) is 2.65. The van der Waals surface area contributed by atoms with Crippen molar-refractivity contribution in [2.24, 2.45) is 0 Å². The number of carboxylic acid groups (broad SMARTS) is 1. The summed E-state index contributed by atoms with van der Waals surface area (Å²) in [7, 11) is 0. The van der Waals surface area contributed by atoms with Gasteiger partial charge in [-0.25, -0.2) is 9.97 Å². The van der Waals surface area contributed by atoms with E-state index in [0.29, 0.717) is 0 Å². The molecule has 0 aliphatic carbocycles. The summed E-state index contributed by atoms with van der Waals surface area (Å²) in [6.45, 7) is 0.972. The highest BCUT2D eigenvalue weighted by Crippen LogP contribution is 1.68. The van der Waals surface area contributed by atoms with Crippen LogP contribution in [0.3, 0.4) is 0 Å². The number of aliphatic carboxylic acids is 1. The second-order valence-electron chi connectivity index (χ2n) is 2.65. The number of hydrogen-bond acceptors (Lipinski definition) is 2. The molecule has 2 aromatic heterocycles. The van der Waals surface area contributed by atoms with Crippen LogP contribution in [0, 0.1) is 0 Å². The van der Waals surface area contributed by atoms with Gasteiger partial charge in [0.2, 0.25) is 0 Å². The monoisotopic (exact) mass is 298 g/mol. The molecule has 0 saturated carbocycles. The molecule has 0 saturated heterocycles. The Morgan fingerprint density at radius 2 is 1.06 bits per heavy atom. The molecule has 0 radical (unpaired) electrons. The predicted octanol–water partition coefficient (Wildman–Crippen LogP) is -3.24. The summed E-state index contributed by atoms with van der Waals surface area (Å²) in [5.41, 5.74) is 0. The van der Waals surface area contributed by atoms with Crippen LogP contribution >= 0.6 is 0 Å². The third-order valence-electron chi connectivity index (χ3n) is 1.21. The average molecular weight is 299 g/mol. The maximum absolute atomic E-state index is 8.89. The lowest BCUT2D eigenvalue weighted by molar-refractivity contribution is -0.378. The second kappa shape index (κ2) is 14.2. The van der Waals surface area contributed by atoms with E-state index in [-0.39, 0.29) is 17.0 Å². The van der Waals surface area contributed by atoms with Crippen molar-refractivity contribution in [1.29, 1.82) is 0 Å². The zero-order valence-corrected chi connectivity index (χ0v) is 11.1. The summed E-state index contributed by atoms with van der Waals surface area (Å²) in [6, 6.07) is 11.7. The zero-order chi connectivity index (χ0) is 12.1. The Morgan fingerprint density at radius 3 is 1.12 bits per heavy atom. The lowest BCUT2D eigenvalue weighted by Crippen LogP contribution is -3.00. The van der Waals surface area contributed by atoms with Gasteiger partial charge in [-0.1, -0.05) is 12.1 Å². The minimum atomic E-state index is -1.08. The van der Waals surface area contributed by atoms with Gasteiger partial charge in [0.1, 0.15) is 0 Å². The normalized spacial score (nSPS) is 7.12. The number of carbonyl (C=O) groups is 1. The third-order valence-corrected chi connectivity index (χ3v) is 1.21.